The largest absolute Gasteiger partial charge is 0.242 e. The van der Waals surface area contributed by atoms with Crippen LogP contribution in [-0.4, -0.2) is 41.0 Å². The quantitative estimate of drug-likeness (QED) is 0.813. The topological polar surface area (TPSA) is 71.5 Å². The number of rotatable bonds is 4. The van der Waals surface area contributed by atoms with Crippen molar-refractivity contribution in [1.82, 2.24) is 4.31 Å². The SMILES string of the molecule is CCS(=O)(=O)c1cccc(S(=O)(=O)N(C)C)c1. The molecule has 0 bridgehead atoms. The number of hydrogen-bond acceptors (Lipinski definition) is 4. The fourth-order valence-electron chi connectivity index (χ4n) is 1.21. The third-order valence-corrected chi connectivity index (χ3v) is 5.87. The van der Waals surface area contributed by atoms with Crippen molar-refractivity contribution in [2.24, 2.45) is 0 Å². The van der Waals surface area contributed by atoms with Crippen LogP contribution in [0.4, 0.5) is 0 Å². The van der Waals surface area contributed by atoms with Gasteiger partial charge in [-0.2, -0.15) is 0 Å². The number of sulfonamides is 1. The van der Waals surface area contributed by atoms with Gasteiger partial charge in [0.25, 0.3) is 0 Å². The maximum Gasteiger partial charge on any atom is 0.242 e. The Labute approximate surface area is 102 Å². The molecule has 0 heterocycles. The molecule has 7 heteroatoms. The predicted molar refractivity (Wildman–Crippen MR) is 65.0 cm³/mol. The first-order valence-electron chi connectivity index (χ1n) is 4.97. The average molecular weight is 277 g/mol. The number of benzene rings is 1. The minimum atomic E-state index is -3.60. The van der Waals surface area contributed by atoms with Gasteiger partial charge in [-0.1, -0.05) is 13.0 Å². The number of sulfone groups is 1. The van der Waals surface area contributed by atoms with Crippen LogP contribution >= 0.6 is 0 Å². The second kappa shape index (κ2) is 4.75. The second-order valence-corrected chi connectivity index (χ2v) is 8.10. The van der Waals surface area contributed by atoms with Crippen LogP contribution in [0.5, 0.6) is 0 Å². The molecule has 17 heavy (non-hydrogen) atoms. The Morgan fingerprint density at radius 2 is 1.59 bits per heavy atom. The monoisotopic (exact) mass is 277 g/mol. The normalized spacial score (nSPS) is 12.9. The van der Waals surface area contributed by atoms with Crippen LogP contribution in [0.15, 0.2) is 34.1 Å². The molecule has 0 spiro atoms. The van der Waals surface area contributed by atoms with Gasteiger partial charge in [-0.3, -0.25) is 0 Å². The summed E-state index contributed by atoms with van der Waals surface area (Å²) in [5, 5.41) is 0. The second-order valence-electron chi connectivity index (χ2n) is 3.67. The van der Waals surface area contributed by atoms with Crippen LogP contribution in [0, 0.1) is 0 Å². The van der Waals surface area contributed by atoms with Gasteiger partial charge in [0.15, 0.2) is 9.84 Å². The molecular formula is C10H15NO4S2. The number of nitrogens with zero attached hydrogens (tertiary/aromatic N) is 1. The van der Waals surface area contributed by atoms with E-state index in [4.69, 9.17) is 0 Å². The van der Waals surface area contributed by atoms with E-state index in [1.807, 2.05) is 0 Å². The van der Waals surface area contributed by atoms with Gasteiger partial charge in [-0.15, -0.1) is 0 Å². The van der Waals surface area contributed by atoms with Crippen molar-refractivity contribution < 1.29 is 16.8 Å². The maximum absolute atomic E-state index is 11.8. The predicted octanol–water partition coefficient (Wildman–Crippen LogP) is 0.731. The summed E-state index contributed by atoms with van der Waals surface area (Å²) in [5.41, 5.74) is 0. The Kier molecular flexibility index (Phi) is 3.95. The van der Waals surface area contributed by atoms with Gasteiger partial charge in [0.1, 0.15) is 0 Å². The molecule has 0 saturated carbocycles. The highest BCUT2D eigenvalue weighted by Crippen LogP contribution is 2.18. The van der Waals surface area contributed by atoms with Gasteiger partial charge in [0, 0.05) is 14.1 Å². The highest BCUT2D eigenvalue weighted by Gasteiger charge is 2.20. The molecule has 0 aliphatic rings. The fraction of sp³-hybridized carbons (Fsp3) is 0.400. The van der Waals surface area contributed by atoms with Crippen molar-refractivity contribution in [3.63, 3.8) is 0 Å². The zero-order valence-electron chi connectivity index (χ0n) is 9.91. The summed E-state index contributed by atoms with van der Waals surface area (Å²) >= 11 is 0. The smallest absolute Gasteiger partial charge is 0.224 e. The molecular weight excluding hydrogens is 262 g/mol. The summed E-state index contributed by atoms with van der Waals surface area (Å²) in [6, 6.07) is 5.39. The zero-order chi connectivity index (χ0) is 13.3. The van der Waals surface area contributed by atoms with E-state index in [9.17, 15) is 16.8 Å². The van der Waals surface area contributed by atoms with E-state index >= 15 is 0 Å². The molecule has 1 rings (SSSR count). The van der Waals surface area contributed by atoms with Crippen LogP contribution in [-0.2, 0) is 19.9 Å². The van der Waals surface area contributed by atoms with E-state index < -0.39 is 19.9 Å². The van der Waals surface area contributed by atoms with Crippen LogP contribution in [0.1, 0.15) is 6.92 Å². The van der Waals surface area contributed by atoms with Gasteiger partial charge in [-0.05, 0) is 18.2 Å². The molecule has 5 nitrogen and oxygen atoms in total. The molecule has 0 aliphatic carbocycles. The van der Waals surface area contributed by atoms with E-state index in [-0.39, 0.29) is 15.5 Å². The third-order valence-electron chi connectivity index (χ3n) is 2.32. The Morgan fingerprint density at radius 1 is 1.06 bits per heavy atom. The minimum Gasteiger partial charge on any atom is -0.224 e. The Balaban J connectivity index is 3.39. The molecule has 0 fully saturated rings. The summed E-state index contributed by atoms with van der Waals surface area (Å²) in [5.74, 6) is -0.0571. The van der Waals surface area contributed by atoms with E-state index in [1.165, 1.54) is 45.3 Å². The van der Waals surface area contributed by atoms with Crippen molar-refractivity contribution in [3.05, 3.63) is 24.3 Å². The van der Waals surface area contributed by atoms with Crippen LogP contribution in [0.2, 0.25) is 0 Å². The maximum atomic E-state index is 11.8. The lowest BCUT2D eigenvalue weighted by atomic mass is 10.4. The number of hydrogen-bond donors (Lipinski definition) is 0. The van der Waals surface area contributed by atoms with Gasteiger partial charge in [0.2, 0.25) is 10.0 Å². The van der Waals surface area contributed by atoms with Crippen LogP contribution in [0.25, 0.3) is 0 Å². The molecule has 1 aromatic rings. The first-order valence-corrected chi connectivity index (χ1v) is 8.06. The van der Waals surface area contributed by atoms with Gasteiger partial charge >= 0.3 is 0 Å². The standard InChI is InChI=1S/C10H15NO4S2/c1-4-16(12,13)9-6-5-7-10(8-9)17(14,15)11(2)3/h5-8H,4H2,1-3H3. The lowest BCUT2D eigenvalue weighted by Crippen LogP contribution is -2.22. The minimum absolute atomic E-state index is 0.0166. The van der Waals surface area contributed by atoms with Gasteiger partial charge in [0.05, 0.1) is 15.5 Å². The first kappa shape index (κ1) is 14.1. The Morgan fingerprint density at radius 3 is 2.06 bits per heavy atom. The van der Waals surface area contributed by atoms with Crippen molar-refractivity contribution in [1.29, 1.82) is 0 Å². The highest BCUT2D eigenvalue weighted by molar-refractivity contribution is 7.91. The Hall–Kier alpha value is -0.920. The molecule has 0 radical (unpaired) electrons. The molecule has 96 valence electrons. The van der Waals surface area contributed by atoms with E-state index in [2.05, 4.69) is 0 Å². The molecule has 0 unspecified atom stereocenters. The molecule has 0 amide bonds. The molecule has 0 N–H and O–H groups in total. The summed E-state index contributed by atoms with van der Waals surface area (Å²) in [6.07, 6.45) is 0. The summed E-state index contributed by atoms with van der Waals surface area (Å²) in [6.45, 7) is 1.52. The van der Waals surface area contributed by atoms with Crippen molar-refractivity contribution in [3.8, 4) is 0 Å². The van der Waals surface area contributed by atoms with Crippen molar-refractivity contribution in [2.45, 2.75) is 16.7 Å². The summed E-state index contributed by atoms with van der Waals surface area (Å²) in [7, 11) is -4.19. The third kappa shape index (κ3) is 2.85. The van der Waals surface area contributed by atoms with Crippen LogP contribution < -0.4 is 0 Å². The lowest BCUT2D eigenvalue weighted by molar-refractivity contribution is 0.520. The fourth-order valence-corrected chi connectivity index (χ4v) is 3.15. The first-order chi connectivity index (χ1) is 7.71. The average Bonchev–Trinajstić information content (AvgIpc) is 2.29. The summed E-state index contributed by atoms with van der Waals surface area (Å²) < 4.78 is 48.0. The lowest BCUT2D eigenvalue weighted by Gasteiger charge is -2.12. The van der Waals surface area contributed by atoms with Crippen molar-refractivity contribution in [2.75, 3.05) is 19.8 Å². The summed E-state index contributed by atoms with van der Waals surface area (Å²) in [4.78, 5) is 0.0138. The van der Waals surface area contributed by atoms with E-state index in [0.29, 0.717) is 0 Å². The van der Waals surface area contributed by atoms with Crippen LogP contribution in [0.3, 0.4) is 0 Å². The molecule has 0 atom stereocenters. The van der Waals surface area contributed by atoms with E-state index in [1.54, 1.807) is 0 Å². The highest BCUT2D eigenvalue weighted by atomic mass is 32.2. The zero-order valence-corrected chi connectivity index (χ0v) is 11.5. The van der Waals surface area contributed by atoms with Crippen molar-refractivity contribution >= 4 is 19.9 Å². The molecule has 0 aliphatic heterocycles. The van der Waals surface area contributed by atoms with Gasteiger partial charge < -0.3 is 0 Å². The molecule has 0 saturated heterocycles. The Bertz CT molecular complexity index is 603. The molecule has 0 aromatic heterocycles. The van der Waals surface area contributed by atoms with Gasteiger partial charge in [-0.25, -0.2) is 21.1 Å². The van der Waals surface area contributed by atoms with E-state index in [0.717, 1.165) is 4.31 Å². The molecule has 1 aromatic carbocycles.